The molecule has 2 aromatic heterocycles. The molecular formula is C13H15Cl2N3OS. The van der Waals surface area contributed by atoms with Gasteiger partial charge >= 0.3 is 0 Å². The van der Waals surface area contributed by atoms with E-state index < -0.39 is 0 Å². The van der Waals surface area contributed by atoms with Crippen molar-refractivity contribution in [3.63, 3.8) is 0 Å². The molecule has 2 aromatic rings. The zero-order valence-corrected chi connectivity index (χ0v) is 13.6. The Morgan fingerprint density at radius 2 is 2.15 bits per heavy atom. The number of carbonyl (C=O) groups excluding carboxylic acids is 1. The van der Waals surface area contributed by atoms with E-state index in [1.165, 1.54) is 11.3 Å². The number of rotatable bonds is 5. The monoisotopic (exact) mass is 331 g/mol. The van der Waals surface area contributed by atoms with Crippen molar-refractivity contribution in [1.29, 1.82) is 0 Å². The fourth-order valence-corrected chi connectivity index (χ4v) is 3.38. The van der Waals surface area contributed by atoms with Gasteiger partial charge in [0.1, 0.15) is 4.34 Å². The van der Waals surface area contributed by atoms with Crippen molar-refractivity contribution in [3.8, 4) is 0 Å². The zero-order valence-electron chi connectivity index (χ0n) is 11.2. The number of thiophene rings is 1. The maximum atomic E-state index is 11.9. The van der Waals surface area contributed by atoms with E-state index in [4.69, 9.17) is 23.2 Å². The lowest BCUT2D eigenvalue weighted by Gasteiger charge is -2.06. The van der Waals surface area contributed by atoms with Gasteiger partial charge in [0.2, 0.25) is 0 Å². The summed E-state index contributed by atoms with van der Waals surface area (Å²) in [5.41, 5.74) is 2.57. The molecule has 0 aliphatic carbocycles. The molecular weight excluding hydrogens is 317 g/mol. The maximum absolute atomic E-state index is 11.9. The Bertz CT molecular complexity index is 621. The molecule has 0 aliphatic heterocycles. The van der Waals surface area contributed by atoms with Crippen molar-refractivity contribution in [2.75, 3.05) is 6.54 Å². The lowest BCUT2D eigenvalue weighted by atomic mass is 10.3. The number of hydrogen-bond donors (Lipinski definition) is 1. The van der Waals surface area contributed by atoms with E-state index in [9.17, 15) is 4.79 Å². The van der Waals surface area contributed by atoms with Gasteiger partial charge in [0.05, 0.1) is 15.6 Å². The Hall–Kier alpha value is -1.04. The molecule has 0 radical (unpaired) electrons. The van der Waals surface area contributed by atoms with Crippen LogP contribution in [0.4, 0.5) is 0 Å². The Morgan fingerprint density at radius 3 is 2.70 bits per heavy atom. The van der Waals surface area contributed by atoms with Crippen LogP contribution in [0.15, 0.2) is 12.1 Å². The highest BCUT2D eigenvalue weighted by atomic mass is 35.5. The Balaban J connectivity index is 1.80. The second-order valence-electron chi connectivity index (χ2n) is 4.50. The average Bonchev–Trinajstić information content (AvgIpc) is 2.87. The third kappa shape index (κ3) is 3.75. The van der Waals surface area contributed by atoms with Crippen molar-refractivity contribution >= 4 is 40.4 Å². The summed E-state index contributed by atoms with van der Waals surface area (Å²) in [4.78, 5) is 11.9. The van der Waals surface area contributed by atoms with Gasteiger partial charge in [0.25, 0.3) is 5.91 Å². The highest BCUT2D eigenvalue weighted by Gasteiger charge is 2.13. The summed E-state index contributed by atoms with van der Waals surface area (Å²) < 4.78 is 2.88. The molecule has 0 bridgehead atoms. The van der Waals surface area contributed by atoms with Crippen molar-refractivity contribution in [3.05, 3.63) is 37.8 Å². The van der Waals surface area contributed by atoms with Crippen LogP contribution < -0.4 is 5.32 Å². The fraction of sp³-hybridized carbons (Fsp3) is 0.385. The third-order valence-electron chi connectivity index (χ3n) is 2.84. The van der Waals surface area contributed by atoms with Gasteiger partial charge in [-0.2, -0.15) is 5.10 Å². The van der Waals surface area contributed by atoms with E-state index in [0.29, 0.717) is 20.8 Å². The van der Waals surface area contributed by atoms with Crippen LogP contribution in [0.3, 0.4) is 0 Å². The van der Waals surface area contributed by atoms with E-state index in [1.54, 1.807) is 6.07 Å². The summed E-state index contributed by atoms with van der Waals surface area (Å²) in [6, 6.07) is 3.62. The number of nitrogens with one attached hydrogen (secondary N) is 1. The van der Waals surface area contributed by atoms with Gasteiger partial charge in [-0.05, 0) is 32.4 Å². The van der Waals surface area contributed by atoms with Crippen LogP contribution in [0, 0.1) is 13.8 Å². The molecule has 1 N–H and O–H groups in total. The molecule has 20 heavy (non-hydrogen) atoms. The van der Waals surface area contributed by atoms with Gasteiger partial charge in [-0.25, -0.2) is 0 Å². The number of carbonyl (C=O) groups is 1. The minimum atomic E-state index is -0.188. The number of nitrogens with zero attached hydrogens (tertiary/aromatic N) is 2. The number of aryl methyl sites for hydroxylation is 3. The van der Waals surface area contributed by atoms with E-state index in [1.807, 2.05) is 24.6 Å². The molecule has 0 saturated carbocycles. The number of amides is 1. The van der Waals surface area contributed by atoms with E-state index >= 15 is 0 Å². The van der Waals surface area contributed by atoms with Gasteiger partial charge in [-0.1, -0.05) is 23.2 Å². The Morgan fingerprint density at radius 1 is 1.40 bits per heavy atom. The standard InChI is InChI=1S/C13H15Cl2N3OS/c1-8-6-9(2)18(17-8)5-3-4-16-13(19)10-7-11(14)20-12(10)15/h6-7H,3-5H2,1-2H3,(H,16,19). The van der Waals surface area contributed by atoms with Gasteiger partial charge in [0, 0.05) is 18.8 Å². The quantitative estimate of drug-likeness (QED) is 0.849. The lowest BCUT2D eigenvalue weighted by Crippen LogP contribution is -2.25. The van der Waals surface area contributed by atoms with Crippen molar-refractivity contribution < 1.29 is 4.79 Å². The normalized spacial score (nSPS) is 10.8. The van der Waals surface area contributed by atoms with Crippen LogP contribution in [0.2, 0.25) is 8.67 Å². The zero-order chi connectivity index (χ0) is 14.7. The smallest absolute Gasteiger partial charge is 0.253 e. The van der Waals surface area contributed by atoms with Crippen molar-refractivity contribution in [1.82, 2.24) is 15.1 Å². The first-order valence-electron chi connectivity index (χ1n) is 6.21. The minimum Gasteiger partial charge on any atom is -0.352 e. The summed E-state index contributed by atoms with van der Waals surface area (Å²) in [6.07, 6.45) is 0.809. The summed E-state index contributed by atoms with van der Waals surface area (Å²) in [7, 11) is 0. The molecule has 2 rings (SSSR count). The van der Waals surface area contributed by atoms with Crippen molar-refractivity contribution in [2.24, 2.45) is 0 Å². The first-order valence-corrected chi connectivity index (χ1v) is 7.78. The van der Waals surface area contributed by atoms with Crippen LogP contribution in [0.25, 0.3) is 0 Å². The average molecular weight is 332 g/mol. The highest BCUT2D eigenvalue weighted by molar-refractivity contribution is 7.20. The molecule has 0 saturated heterocycles. The van der Waals surface area contributed by atoms with Crippen LogP contribution in [0.5, 0.6) is 0 Å². The second kappa shape index (κ2) is 6.61. The molecule has 0 atom stereocenters. The summed E-state index contributed by atoms with van der Waals surface area (Å²) in [6.45, 7) is 5.33. The Kier molecular flexibility index (Phi) is 5.07. The highest BCUT2D eigenvalue weighted by Crippen LogP contribution is 2.30. The number of halogens is 2. The minimum absolute atomic E-state index is 0.188. The molecule has 0 spiro atoms. The fourth-order valence-electron chi connectivity index (χ4n) is 1.92. The van der Waals surface area contributed by atoms with Gasteiger partial charge in [-0.15, -0.1) is 11.3 Å². The summed E-state index contributed by atoms with van der Waals surface area (Å²) in [5, 5.41) is 7.20. The molecule has 108 valence electrons. The third-order valence-corrected chi connectivity index (χ3v) is 4.32. The molecule has 1 amide bonds. The summed E-state index contributed by atoms with van der Waals surface area (Å²) in [5.74, 6) is -0.188. The van der Waals surface area contributed by atoms with Crippen LogP contribution >= 0.6 is 34.5 Å². The van der Waals surface area contributed by atoms with E-state index in [-0.39, 0.29) is 5.91 Å². The number of aromatic nitrogens is 2. The maximum Gasteiger partial charge on any atom is 0.253 e. The molecule has 0 aliphatic rings. The molecule has 0 fully saturated rings. The predicted octanol–water partition coefficient (Wildman–Crippen LogP) is 3.69. The van der Waals surface area contributed by atoms with E-state index in [2.05, 4.69) is 10.4 Å². The predicted molar refractivity (Wildman–Crippen MR) is 83.0 cm³/mol. The van der Waals surface area contributed by atoms with E-state index in [0.717, 1.165) is 24.4 Å². The summed E-state index contributed by atoms with van der Waals surface area (Å²) >= 11 is 12.9. The van der Waals surface area contributed by atoms with Gasteiger partial charge in [-0.3, -0.25) is 9.48 Å². The molecule has 4 nitrogen and oxygen atoms in total. The number of hydrogen-bond acceptors (Lipinski definition) is 3. The SMILES string of the molecule is Cc1cc(C)n(CCCNC(=O)c2cc(Cl)sc2Cl)n1. The molecule has 0 unspecified atom stereocenters. The molecule has 0 aromatic carbocycles. The van der Waals surface area contributed by atoms with Crippen molar-refractivity contribution in [2.45, 2.75) is 26.8 Å². The topological polar surface area (TPSA) is 46.9 Å². The lowest BCUT2D eigenvalue weighted by molar-refractivity contribution is 0.0953. The van der Waals surface area contributed by atoms with Crippen LogP contribution in [-0.4, -0.2) is 22.2 Å². The first kappa shape index (κ1) is 15.4. The first-order chi connectivity index (χ1) is 9.47. The van der Waals surface area contributed by atoms with Crippen LogP contribution in [-0.2, 0) is 6.54 Å². The Labute approximate surface area is 131 Å². The largest absolute Gasteiger partial charge is 0.352 e. The van der Waals surface area contributed by atoms with Crippen LogP contribution in [0.1, 0.15) is 28.2 Å². The van der Waals surface area contributed by atoms with Gasteiger partial charge in [0.15, 0.2) is 0 Å². The molecule has 2 heterocycles. The molecule has 7 heteroatoms. The van der Waals surface area contributed by atoms with Gasteiger partial charge < -0.3 is 5.32 Å². The second-order valence-corrected chi connectivity index (χ2v) is 6.78.